The van der Waals surface area contributed by atoms with Crippen molar-refractivity contribution in [2.75, 3.05) is 6.61 Å². The number of ether oxygens (including phenoxy) is 1. The second-order valence-corrected chi connectivity index (χ2v) is 5.70. The lowest BCUT2D eigenvalue weighted by Gasteiger charge is -2.06. The molecule has 0 aliphatic rings. The average molecular weight is 378 g/mol. The molecule has 0 unspecified atom stereocenters. The van der Waals surface area contributed by atoms with Gasteiger partial charge in [0.25, 0.3) is 0 Å². The number of hydrogen-bond acceptors (Lipinski definition) is 4. The molecule has 23 heavy (non-hydrogen) atoms. The maximum atomic E-state index is 10.5. The van der Waals surface area contributed by atoms with Crippen molar-refractivity contribution < 1.29 is 19.5 Å². The van der Waals surface area contributed by atoms with E-state index in [4.69, 9.17) is 14.7 Å². The molecule has 5 nitrogen and oxygen atoms in total. The third-order valence-electron chi connectivity index (χ3n) is 2.96. The summed E-state index contributed by atoms with van der Waals surface area (Å²) >= 11 is 3.38. The van der Waals surface area contributed by atoms with Gasteiger partial charge in [-0.2, -0.15) is 0 Å². The largest absolute Gasteiger partial charge is 0.482 e. The van der Waals surface area contributed by atoms with E-state index in [1.807, 2.05) is 37.3 Å². The van der Waals surface area contributed by atoms with Gasteiger partial charge in [0.1, 0.15) is 12.4 Å². The molecule has 0 aliphatic carbocycles. The van der Waals surface area contributed by atoms with E-state index in [0.717, 1.165) is 15.6 Å². The molecule has 2 aromatic carbocycles. The Morgan fingerprint density at radius 2 is 1.96 bits per heavy atom. The van der Waals surface area contributed by atoms with Gasteiger partial charge in [0.15, 0.2) is 6.61 Å². The number of rotatable bonds is 7. The Labute approximate surface area is 142 Å². The van der Waals surface area contributed by atoms with Crippen LogP contribution in [0, 0.1) is 0 Å². The summed E-state index contributed by atoms with van der Waals surface area (Å²) in [5.41, 5.74) is 2.51. The van der Waals surface area contributed by atoms with Gasteiger partial charge in [0, 0.05) is 10.0 Å². The maximum Gasteiger partial charge on any atom is 0.341 e. The summed E-state index contributed by atoms with van der Waals surface area (Å²) in [5, 5.41) is 12.7. The van der Waals surface area contributed by atoms with Gasteiger partial charge in [-0.15, -0.1) is 0 Å². The number of carboxylic acid groups (broad SMARTS) is 1. The van der Waals surface area contributed by atoms with Crippen LogP contribution >= 0.6 is 15.9 Å². The Bertz CT molecular complexity index is 698. The van der Waals surface area contributed by atoms with Gasteiger partial charge in [-0.3, -0.25) is 0 Å². The average Bonchev–Trinajstić information content (AvgIpc) is 2.55. The fourth-order valence-electron chi connectivity index (χ4n) is 1.79. The monoisotopic (exact) mass is 377 g/mol. The van der Waals surface area contributed by atoms with Crippen LogP contribution in [0.1, 0.15) is 18.1 Å². The highest BCUT2D eigenvalue weighted by Crippen LogP contribution is 2.15. The third kappa shape index (κ3) is 5.75. The SMILES string of the molecule is CC(=NOCc1ccc(Br)cc1)c1cccc(OCC(=O)O)c1. The highest BCUT2D eigenvalue weighted by molar-refractivity contribution is 9.10. The zero-order valence-electron chi connectivity index (χ0n) is 12.5. The Morgan fingerprint density at radius 3 is 2.65 bits per heavy atom. The Kier molecular flexibility index (Phi) is 6.17. The van der Waals surface area contributed by atoms with Gasteiger partial charge >= 0.3 is 5.97 Å². The molecular formula is C17H16BrNO4. The fraction of sp³-hybridized carbons (Fsp3) is 0.176. The molecule has 0 bridgehead atoms. The molecule has 0 heterocycles. The van der Waals surface area contributed by atoms with Crippen molar-refractivity contribution in [2.45, 2.75) is 13.5 Å². The summed E-state index contributed by atoms with van der Waals surface area (Å²) in [6, 6.07) is 14.9. The van der Waals surface area contributed by atoms with E-state index < -0.39 is 5.97 Å². The normalized spacial score (nSPS) is 11.1. The number of halogens is 1. The molecule has 0 saturated carbocycles. The number of aliphatic carboxylic acids is 1. The van der Waals surface area contributed by atoms with Crippen LogP contribution in [0.25, 0.3) is 0 Å². The molecule has 0 aliphatic heterocycles. The van der Waals surface area contributed by atoms with Crippen LogP contribution in [0.4, 0.5) is 0 Å². The Morgan fingerprint density at radius 1 is 1.22 bits per heavy atom. The summed E-state index contributed by atoms with van der Waals surface area (Å²) in [5.74, 6) is -0.536. The molecule has 0 saturated heterocycles. The van der Waals surface area contributed by atoms with Gasteiger partial charge in [-0.05, 0) is 36.8 Å². The molecule has 2 rings (SSSR count). The van der Waals surface area contributed by atoms with Crippen LogP contribution in [-0.2, 0) is 16.2 Å². The molecule has 6 heteroatoms. The predicted octanol–water partition coefficient (Wildman–Crippen LogP) is 3.85. The number of benzene rings is 2. The third-order valence-corrected chi connectivity index (χ3v) is 3.49. The molecule has 2 aromatic rings. The van der Waals surface area contributed by atoms with E-state index >= 15 is 0 Å². The second kappa shape index (κ2) is 8.33. The van der Waals surface area contributed by atoms with Crippen molar-refractivity contribution in [3.63, 3.8) is 0 Å². The molecular weight excluding hydrogens is 362 g/mol. The van der Waals surface area contributed by atoms with Crippen LogP contribution in [0.15, 0.2) is 58.2 Å². The van der Waals surface area contributed by atoms with Gasteiger partial charge in [0.05, 0.1) is 5.71 Å². The zero-order valence-corrected chi connectivity index (χ0v) is 14.1. The quantitative estimate of drug-likeness (QED) is 0.587. The highest BCUT2D eigenvalue weighted by Gasteiger charge is 2.03. The van der Waals surface area contributed by atoms with Crippen molar-refractivity contribution in [1.82, 2.24) is 0 Å². The summed E-state index contributed by atoms with van der Waals surface area (Å²) in [6.07, 6.45) is 0. The highest BCUT2D eigenvalue weighted by atomic mass is 79.9. The van der Waals surface area contributed by atoms with Crippen LogP contribution in [0.3, 0.4) is 0 Å². The molecule has 0 atom stereocenters. The van der Waals surface area contributed by atoms with Gasteiger partial charge in [-0.1, -0.05) is 45.4 Å². The van der Waals surface area contributed by atoms with Crippen LogP contribution in [-0.4, -0.2) is 23.4 Å². The molecule has 120 valence electrons. The first kappa shape index (κ1) is 17.0. The smallest absolute Gasteiger partial charge is 0.341 e. The van der Waals surface area contributed by atoms with Crippen molar-refractivity contribution in [1.29, 1.82) is 0 Å². The summed E-state index contributed by atoms with van der Waals surface area (Å²) in [6.45, 7) is 1.82. The minimum atomic E-state index is -1.02. The van der Waals surface area contributed by atoms with E-state index in [2.05, 4.69) is 21.1 Å². The fourth-order valence-corrected chi connectivity index (χ4v) is 2.06. The lowest BCUT2D eigenvalue weighted by atomic mass is 10.1. The first-order valence-corrected chi connectivity index (χ1v) is 7.70. The molecule has 1 N–H and O–H groups in total. The van der Waals surface area contributed by atoms with E-state index in [9.17, 15) is 4.79 Å². The number of hydrogen-bond donors (Lipinski definition) is 1. The van der Waals surface area contributed by atoms with Crippen LogP contribution in [0.5, 0.6) is 5.75 Å². The molecule has 0 fully saturated rings. The predicted molar refractivity (Wildman–Crippen MR) is 90.7 cm³/mol. The van der Waals surface area contributed by atoms with Gasteiger partial charge < -0.3 is 14.7 Å². The van der Waals surface area contributed by atoms with Gasteiger partial charge in [-0.25, -0.2) is 4.79 Å². The molecule has 0 amide bonds. The van der Waals surface area contributed by atoms with E-state index in [0.29, 0.717) is 18.1 Å². The minimum Gasteiger partial charge on any atom is -0.482 e. The van der Waals surface area contributed by atoms with E-state index in [1.54, 1.807) is 18.2 Å². The van der Waals surface area contributed by atoms with Crippen LogP contribution < -0.4 is 4.74 Å². The van der Waals surface area contributed by atoms with Crippen LogP contribution in [0.2, 0.25) is 0 Å². The lowest BCUT2D eigenvalue weighted by Crippen LogP contribution is -2.09. The number of carbonyl (C=O) groups is 1. The topological polar surface area (TPSA) is 68.1 Å². The maximum absolute atomic E-state index is 10.5. The molecule has 0 aromatic heterocycles. The Balaban J connectivity index is 1.95. The second-order valence-electron chi connectivity index (χ2n) is 4.79. The molecule has 0 radical (unpaired) electrons. The van der Waals surface area contributed by atoms with Crippen molar-refractivity contribution in [2.24, 2.45) is 5.16 Å². The standard InChI is InChI=1S/C17H16BrNO4/c1-12(19-23-10-13-5-7-15(18)8-6-13)14-3-2-4-16(9-14)22-11-17(20)21/h2-9H,10-11H2,1H3,(H,20,21). The van der Waals surface area contributed by atoms with Crippen molar-refractivity contribution in [3.8, 4) is 5.75 Å². The Hall–Kier alpha value is -2.34. The number of nitrogens with zero attached hydrogens (tertiary/aromatic N) is 1. The summed E-state index contributed by atoms with van der Waals surface area (Å²) in [7, 11) is 0. The lowest BCUT2D eigenvalue weighted by molar-refractivity contribution is -0.139. The molecule has 0 spiro atoms. The number of oxime groups is 1. The first-order chi connectivity index (χ1) is 11.0. The van der Waals surface area contributed by atoms with E-state index in [1.165, 1.54) is 0 Å². The summed E-state index contributed by atoms with van der Waals surface area (Å²) in [4.78, 5) is 15.9. The first-order valence-electron chi connectivity index (χ1n) is 6.90. The minimum absolute atomic E-state index is 0.375. The van der Waals surface area contributed by atoms with Gasteiger partial charge in [0.2, 0.25) is 0 Å². The number of carboxylic acids is 1. The van der Waals surface area contributed by atoms with E-state index in [-0.39, 0.29) is 6.61 Å². The summed E-state index contributed by atoms with van der Waals surface area (Å²) < 4.78 is 6.16. The zero-order chi connectivity index (χ0) is 16.7. The van der Waals surface area contributed by atoms with Crippen molar-refractivity contribution in [3.05, 3.63) is 64.1 Å². The van der Waals surface area contributed by atoms with Crippen molar-refractivity contribution >= 4 is 27.6 Å².